The van der Waals surface area contributed by atoms with Crippen LogP contribution in [0.15, 0.2) is 66.7 Å². The number of fused-ring (bicyclic) bond motifs is 1. The second kappa shape index (κ2) is 9.73. The van der Waals surface area contributed by atoms with E-state index in [0.717, 1.165) is 34.9 Å². The first kappa shape index (κ1) is 20.4. The summed E-state index contributed by atoms with van der Waals surface area (Å²) in [5.41, 5.74) is 2.50. The Hall–Kier alpha value is -3.34. The van der Waals surface area contributed by atoms with Gasteiger partial charge in [-0.15, -0.1) is 0 Å². The molecule has 2 N–H and O–H groups in total. The van der Waals surface area contributed by atoms with E-state index in [1.807, 2.05) is 67.6 Å². The standard InChI is InChI=1S/C24H27N3O2/c1-3-15-25-24(29)27(2)16-14-19-9-7-8-18-12-13-20(17-22(18)19)23(28)26-21-10-5-4-6-11-21/h4-13,17H,3,14-16H2,1-2H3,(H,25,29)(H,26,28). The van der Waals surface area contributed by atoms with Crippen molar-refractivity contribution in [3.63, 3.8) is 0 Å². The first-order chi connectivity index (χ1) is 14.1. The molecule has 0 bridgehead atoms. The van der Waals surface area contributed by atoms with Crippen molar-refractivity contribution in [3.05, 3.63) is 77.9 Å². The zero-order chi connectivity index (χ0) is 20.6. The highest BCUT2D eigenvalue weighted by Gasteiger charge is 2.11. The van der Waals surface area contributed by atoms with Gasteiger partial charge in [0, 0.05) is 31.4 Å². The van der Waals surface area contributed by atoms with Crippen LogP contribution < -0.4 is 10.6 Å². The molecule has 0 unspecified atom stereocenters. The number of carbonyl (C=O) groups excluding carboxylic acids is 2. The van der Waals surface area contributed by atoms with Crippen molar-refractivity contribution < 1.29 is 9.59 Å². The summed E-state index contributed by atoms with van der Waals surface area (Å²) in [7, 11) is 1.80. The minimum Gasteiger partial charge on any atom is -0.338 e. The van der Waals surface area contributed by atoms with Crippen LogP contribution in [0.1, 0.15) is 29.3 Å². The highest BCUT2D eigenvalue weighted by atomic mass is 16.2. The summed E-state index contributed by atoms with van der Waals surface area (Å²) in [6.07, 6.45) is 1.63. The van der Waals surface area contributed by atoms with Gasteiger partial charge >= 0.3 is 6.03 Å². The largest absolute Gasteiger partial charge is 0.338 e. The number of rotatable bonds is 7. The molecule has 3 amide bonds. The molecule has 3 aromatic rings. The molecule has 0 aliphatic rings. The summed E-state index contributed by atoms with van der Waals surface area (Å²) < 4.78 is 0. The molecule has 5 heteroatoms. The molecule has 0 radical (unpaired) electrons. The lowest BCUT2D eigenvalue weighted by Gasteiger charge is -2.18. The number of carbonyl (C=O) groups is 2. The van der Waals surface area contributed by atoms with Gasteiger partial charge in [-0.05, 0) is 53.4 Å². The van der Waals surface area contributed by atoms with Gasteiger partial charge in [0.05, 0.1) is 0 Å². The third-order valence-electron chi connectivity index (χ3n) is 4.86. The van der Waals surface area contributed by atoms with Crippen LogP contribution in [0.2, 0.25) is 0 Å². The summed E-state index contributed by atoms with van der Waals surface area (Å²) in [4.78, 5) is 26.4. The first-order valence-electron chi connectivity index (χ1n) is 9.95. The van der Waals surface area contributed by atoms with Crippen LogP contribution in [0.25, 0.3) is 10.8 Å². The molecule has 0 spiro atoms. The van der Waals surface area contributed by atoms with Gasteiger partial charge < -0.3 is 15.5 Å². The van der Waals surface area contributed by atoms with E-state index in [-0.39, 0.29) is 11.9 Å². The van der Waals surface area contributed by atoms with Crippen molar-refractivity contribution >= 4 is 28.4 Å². The fourth-order valence-corrected chi connectivity index (χ4v) is 3.18. The minimum absolute atomic E-state index is 0.0602. The number of nitrogens with one attached hydrogen (secondary N) is 2. The van der Waals surface area contributed by atoms with Crippen molar-refractivity contribution in [1.29, 1.82) is 0 Å². The van der Waals surface area contributed by atoms with E-state index in [4.69, 9.17) is 0 Å². The van der Waals surface area contributed by atoms with Gasteiger partial charge in [-0.25, -0.2) is 4.79 Å². The number of nitrogens with zero attached hydrogens (tertiary/aromatic N) is 1. The van der Waals surface area contributed by atoms with Gasteiger partial charge in [0.1, 0.15) is 0 Å². The Kier molecular flexibility index (Phi) is 6.85. The average Bonchev–Trinajstić information content (AvgIpc) is 2.76. The normalized spacial score (nSPS) is 10.6. The van der Waals surface area contributed by atoms with Gasteiger partial charge in [-0.1, -0.05) is 49.4 Å². The number of urea groups is 1. The van der Waals surface area contributed by atoms with Crippen molar-refractivity contribution in [1.82, 2.24) is 10.2 Å². The lowest BCUT2D eigenvalue weighted by molar-refractivity contribution is 0.102. The Morgan fingerprint density at radius 2 is 1.76 bits per heavy atom. The van der Waals surface area contributed by atoms with Crippen LogP contribution >= 0.6 is 0 Å². The Labute approximate surface area is 171 Å². The summed E-state index contributed by atoms with van der Waals surface area (Å²) in [6, 6.07) is 21.2. The molecule has 0 aromatic heterocycles. The van der Waals surface area contributed by atoms with Crippen molar-refractivity contribution in [2.75, 3.05) is 25.5 Å². The smallest absolute Gasteiger partial charge is 0.317 e. The number of para-hydroxylation sites is 1. The maximum atomic E-state index is 12.7. The zero-order valence-corrected chi connectivity index (χ0v) is 16.9. The van der Waals surface area contributed by atoms with Crippen molar-refractivity contribution in [2.24, 2.45) is 0 Å². The predicted molar refractivity (Wildman–Crippen MR) is 118 cm³/mol. The number of hydrogen-bond donors (Lipinski definition) is 2. The lowest BCUT2D eigenvalue weighted by Crippen LogP contribution is -2.38. The summed E-state index contributed by atoms with van der Waals surface area (Å²) in [5.74, 6) is -0.135. The minimum atomic E-state index is -0.135. The molecule has 0 aliphatic carbocycles. The van der Waals surface area contributed by atoms with E-state index in [2.05, 4.69) is 16.7 Å². The highest BCUT2D eigenvalue weighted by molar-refractivity contribution is 6.06. The predicted octanol–water partition coefficient (Wildman–Crippen LogP) is 4.69. The molecule has 0 saturated carbocycles. The fraction of sp³-hybridized carbons (Fsp3) is 0.250. The number of anilines is 1. The monoisotopic (exact) mass is 389 g/mol. The van der Waals surface area contributed by atoms with E-state index in [9.17, 15) is 9.59 Å². The molecule has 5 nitrogen and oxygen atoms in total. The van der Waals surface area contributed by atoms with Crippen molar-refractivity contribution in [3.8, 4) is 0 Å². The Morgan fingerprint density at radius 1 is 0.966 bits per heavy atom. The topological polar surface area (TPSA) is 61.4 Å². The highest BCUT2D eigenvalue weighted by Crippen LogP contribution is 2.22. The fourth-order valence-electron chi connectivity index (χ4n) is 3.18. The molecular weight excluding hydrogens is 362 g/mol. The molecule has 0 heterocycles. The van der Waals surface area contributed by atoms with E-state index in [1.54, 1.807) is 11.9 Å². The first-order valence-corrected chi connectivity index (χ1v) is 9.95. The molecule has 0 aliphatic heterocycles. The quantitative estimate of drug-likeness (QED) is 0.616. The maximum Gasteiger partial charge on any atom is 0.317 e. The van der Waals surface area contributed by atoms with Gasteiger partial charge in [-0.2, -0.15) is 0 Å². The van der Waals surface area contributed by atoms with Gasteiger partial charge in [-0.3, -0.25) is 4.79 Å². The van der Waals surface area contributed by atoms with Crippen LogP contribution in [0.5, 0.6) is 0 Å². The van der Waals surface area contributed by atoms with Crippen LogP contribution in [0.4, 0.5) is 10.5 Å². The molecule has 150 valence electrons. The second-order valence-electron chi connectivity index (χ2n) is 7.08. The van der Waals surface area contributed by atoms with E-state index in [0.29, 0.717) is 18.7 Å². The molecule has 3 rings (SSSR count). The molecule has 0 saturated heterocycles. The van der Waals surface area contributed by atoms with Gasteiger partial charge in [0.15, 0.2) is 0 Å². The maximum absolute atomic E-state index is 12.7. The number of likely N-dealkylation sites (N-methyl/N-ethyl adjacent to an activating group) is 1. The third-order valence-corrected chi connectivity index (χ3v) is 4.86. The Balaban J connectivity index is 1.75. The average molecular weight is 389 g/mol. The number of benzene rings is 3. The Bertz CT molecular complexity index is 986. The zero-order valence-electron chi connectivity index (χ0n) is 16.9. The lowest BCUT2D eigenvalue weighted by atomic mass is 9.99. The SMILES string of the molecule is CCCNC(=O)N(C)CCc1cccc2ccc(C(=O)Nc3ccccc3)cc12. The molecule has 0 fully saturated rings. The van der Waals surface area contributed by atoms with Gasteiger partial charge in [0.25, 0.3) is 5.91 Å². The van der Waals surface area contributed by atoms with E-state index < -0.39 is 0 Å². The molecule has 3 aromatic carbocycles. The van der Waals surface area contributed by atoms with E-state index >= 15 is 0 Å². The molecule has 0 atom stereocenters. The molecule has 29 heavy (non-hydrogen) atoms. The van der Waals surface area contributed by atoms with E-state index in [1.165, 1.54) is 0 Å². The number of hydrogen-bond acceptors (Lipinski definition) is 2. The van der Waals surface area contributed by atoms with Crippen LogP contribution in [-0.2, 0) is 6.42 Å². The van der Waals surface area contributed by atoms with Gasteiger partial charge in [0.2, 0.25) is 0 Å². The summed E-state index contributed by atoms with van der Waals surface area (Å²) in [5, 5.41) is 7.93. The Morgan fingerprint density at radius 3 is 2.52 bits per heavy atom. The second-order valence-corrected chi connectivity index (χ2v) is 7.08. The summed E-state index contributed by atoms with van der Waals surface area (Å²) >= 11 is 0. The van der Waals surface area contributed by atoms with Crippen molar-refractivity contribution in [2.45, 2.75) is 19.8 Å². The number of amides is 3. The molecular formula is C24H27N3O2. The van der Waals surface area contributed by atoms with Crippen LogP contribution in [0.3, 0.4) is 0 Å². The summed E-state index contributed by atoms with van der Waals surface area (Å²) in [6.45, 7) is 3.31. The van der Waals surface area contributed by atoms with Crippen LogP contribution in [-0.4, -0.2) is 37.0 Å². The third kappa shape index (κ3) is 5.35. The van der Waals surface area contributed by atoms with Crippen LogP contribution in [0, 0.1) is 0 Å².